The van der Waals surface area contributed by atoms with Crippen LogP contribution < -0.4 is 4.74 Å². The highest BCUT2D eigenvalue weighted by Crippen LogP contribution is 2.29. The van der Waals surface area contributed by atoms with E-state index in [1.807, 2.05) is 0 Å². The number of halogens is 3. The first-order valence-electron chi connectivity index (χ1n) is 4.22. The van der Waals surface area contributed by atoms with Crippen molar-refractivity contribution in [3.8, 4) is 5.75 Å². The predicted molar refractivity (Wildman–Crippen MR) is 48.3 cm³/mol. The Morgan fingerprint density at radius 1 is 1.31 bits per heavy atom. The maximum Gasteiger partial charge on any atom is 0.573 e. The average Bonchev–Trinajstić information content (AvgIpc) is 2.61. The van der Waals surface area contributed by atoms with Gasteiger partial charge in [0.1, 0.15) is 11.3 Å². The molecule has 0 spiro atoms. The Balaban J connectivity index is 2.51. The first-order valence-corrected chi connectivity index (χ1v) is 4.22. The van der Waals surface area contributed by atoms with Gasteiger partial charge in [0.05, 0.1) is 11.8 Å². The van der Waals surface area contributed by atoms with Crippen molar-refractivity contribution < 1.29 is 27.1 Å². The van der Waals surface area contributed by atoms with Crippen molar-refractivity contribution in [1.29, 1.82) is 0 Å². The van der Waals surface area contributed by atoms with Crippen LogP contribution in [0.4, 0.5) is 13.2 Å². The maximum atomic E-state index is 12.0. The zero-order valence-corrected chi connectivity index (χ0v) is 7.75. The van der Waals surface area contributed by atoms with Gasteiger partial charge in [0, 0.05) is 5.39 Å². The molecular formula is C10H5F3O3. The summed E-state index contributed by atoms with van der Waals surface area (Å²) in [6.45, 7) is 0. The summed E-state index contributed by atoms with van der Waals surface area (Å²) in [5.41, 5.74) is 0.256. The fourth-order valence-electron chi connectivity index (χ4n) is 1.36. The van der Waals surface area contributed by atoms with E-state index in [2.05, 4.69) is 4.74 Å². The lowest BCUT2D eigenvalue weighted by Gasteiger charge is -2.09. The molecule has 16 heavy (non-hydrogen) atoms. The molecule has 1 heterocycles. The Kier molecular flexibility index (Phi) is 2.34. The van der Waals surface area contributed by atoms with Gasteiger partial charge in [-0.05, 0) is 18.2 Å². The summed E-state index contributed by atoms with van der Waals surface area (Å²) >= 11 is 0. The Hall–Kier alpha value is -1.98. The van der Waals surface area contributed by atoms with E-state index in [1.165, 1.54) is 12.3 Å². The number of furan rings is 1. The van der Waals surface area contributed by atoms with E-state index in [4.69, 9.17) is 4.42 Å². The average molecular weight is 230 g/mol. The van der Waals surface area contributed by atoms with Crippen LogP contribution in [0.2, 0.25) is 0 Å². The Morgan fingerprint density at radius 3 is 2.69 bits per heavy atom. The molecule has 0 radical (unpaired) electrons. The number of alkyl halides is 3. The Labute approximate surface area is 87.4 Å². The summed E-state index contributed by atoms with van der Waals surface area (Å²) in [4.78, 5) is 10.6. The Morgan fingerprint density at radius 2 is 2.06 bits per heavy atom. The lowest BCUT2D eigenvalue weighted by molar-refractivity contribution is -0.274. The summed E-state index contributed by atoms with van der Waals surface area (Å²) in [7, 11) is 0. The lowest BCUT2D eigenvalue weighted by atomic mass is 10.1. The standard InChI is InChI=1S/C10H5F3O3/c11-10(12,13)16-8-3-6-1-2-15-9(6)7(4-8)5-14/h1-5H. The zero-order valence-electron chi connectivity index (χ0n) is 7.75. The van der Waals surface area contributed by atoms with E-state index < -0.39 is 12.1 Å². The molecule has 0 saturated heterocycles. The summed E-state index contributed by atoms with van der Waals surface area (Å²) in [6, 6.07) is 3.58. The molecule has 0 atom stereocenters. The van der Waals surface area contributed by atoms with Gasteiger partial charge in [0.15, 0.2) is 6.29 Å². The van der Waals surface area contributed by atoms with Crippen LogP contribution in [-0.4, -0.2) is 12.6 Å². The third-order valence-electron chi connectivity index (χ3n) is 1.91. The summed E-state index contributed by atoms with van der Waals surface area (Å²) < 4.78 is 44.6. The molecule has 0 amide bonds. The van der Waals surface area contributed by atoms with E-state index in [0.29, 0.717) is 11.7 Å². The van der Waals surface area contributed by atoms with Gasteiger partial charge in [-0.15, -0.1) is 13.2 Å². The molecule has 1 aromatic heterocycles. The Bertz CT molecular complexity index is 528. The molecule has 0 aliphatic heterocycles. The van der Waals surface area contributed by atoms with Crippen molar-refractivity contribution in [2.24, 2.45) is 0 Å². The van der Waals surface area contributed by atoms with Gasteiger partial charge in [-0.3, -0.25) is 4.79 Å². The topological polar surface area (TPSA) is 39.4 Å². The van der Waals surface area contributed by atoms with Gasteiger partial charge >= 0.3 is 6.36 Å². The quantitative estimate of drug-likeness (QED) is 0.744. The van der Waals surface area contributed by atoms with Crippen LogP contribution in [-0.2, 0) is 0 Å². The fraction of sp³-hybridized carbons (Fsp3) is 0.100. The van der Waals surface area contributed by atoms with Crippen LogP contribution in [0.15, 0.2) is 28.9 Å². The first kappa shape index (κ1) is 10.5. The molecule has 0 fully saturated rings. The predicted octanol–water partition coefficient (Wildman–Crippen LogP) is 3.14. The lowest BCUT2D eigenvalue weighted by Crippen LogP contribution is -2.17. The normalized spacial score (nSPS) is 11.7. The smallest absolute Gasteiger partial charge is 0.464 e. The number of benzene rings is 1. The second-order valence-corrected chi connectivity index (χ2v) is 3.02. The molecule has 0 saturated carbocycles. The molecule has 0 aliphatic carbocycles. The highest BCUT2D eigenvalue weighted by molar-refractivity contribution is 5.95. The number of aldehydes is 1. The molecule has 6 heteroatoms. The van der Waals surface area contributed by atoms with Crippen molar-refractivity contribution in [3.63, 3.8) is 0 Å². The maximum absolute atomic E-state index is 12.0. The van der Waals surface area contributed by atoms with Crippen molar-refractivity contribution in [2.45, 2.75) is 6.36 Å². The number of hydrogen-bond donors (Lipinski definition) is 0. The SMILES string of the molecule is O=Cc1cc(OC(F)(F)F)cc2ccoc12. The number of carbonyl (C=O) groups excluding carboxylic acids is 1. The molecule has 3 nitrogen and oxygen atoms in total. The highest BCUT2D eigenvalue weighted by atomic mass is 19.4. The molecule has 0 aliphatic rings. The second kappa shape index (κ2) is 3.55. The van der Waals surface area contributed by atoms with Crippen molar-refractivity contribution >= 4 is 17.3 Å². The summed E-state index contributed by atoms with van der Waals surface area (Å²) in [5.74, 6) is -0.441. The monoisotopic (exact) mass is 230 g/mol. The molecule has 1 aromatic carbocycles. The number of fused-ring (bicyclic) bond motifs is 1. The molecule has 0 unspecified atom stereocenters. The zero-order chi connectivity index (χ0) is 11.8. The largest absolute Gasteiger partial charge is 0.573 e. The molecule has 0 bridgehead atoms. The molecule has 0 N–H and O–H groups in total. The van der Waals surface area contributed by atoms with E-state index in [1.54, 1.807) is 0 Å². The van der Waals surface area contributed by atoms with Gasteiger partial charge in [-0.1, -0.05) is 0 Å². The van der Waals surface area contributed by atoms with E-state index >= 15 is 0 Å². The number of carbonyl (C=O) groups is 1. The second-order valence-electron chi connectivity index (χ2n) is 3.02. The van der Waals surface area contributed by atoms with Crippen molar-refractivity contribution in [1.82, 2.24) is 0 Å². The van der Waals surface area contributed by atoms with Crippen molar-refractivity contribution in [2.75, 3.05) is 0 Å². The third kappa shape index (κ3) is 2.00. The minimum absolute atomic E-state index is 0.0155. The van der Waals surface area contributed by atoms with E-state index in [-0.39, 0.29) is 11.1 Å². The van der Waals surface area contributed by atoms with Crippen LogP contribution in [0.3, 0.4) is 0 Å². The van der Waals surface area contributed by atoms with Gasteiger partial charge in [0.25, 0.3) is 0 Å². The van der Waals surface area contributed by atoms with Crippen molar-refractivity contribution in [3.05, 3.63) is 30.0 Å². The van der Waals surface area contributed by atoms with Gasteiger partial charge < -0.3 is 9.15 Å². The van der Waals surface area contributed by atoms with Crippen LogP contribution >= 0.6 is 0 Å². The fourth-order valence-corrected chi connectivity index (χ4v) is 1.36. The third-order valence-corrected chi connectivity index (χ3v) is 1.91. The molecule has 2 rings (SSSR count). The summed E-state index contributed by atoms with van der Waals surface area (Å²) in [5, 5.41) is 0.379. The van der Waals surface area contributed by atoms with Crippen LogP contribution in [0.25, 0.3) is 11.0 Å². The molecule has 2 aromatic rings. The summed E-state index contributed by atoms with van der Waals surface area (Å²) in [6.07, 6.45) is -3.08. The van der Waals surface area contributed by atoms with E-state index in [0.717, 1.165) is 12.1 Å². The number of rotatable bonds is 2. The van der Waals surface area contributed by atoms with Gasteiger partial charge in [0.2, 0.25) is 0 Å². The van der Waals surface area contributed by atoms with Crippen LogP contribution in [0.1, 0.15) is 10.4 Å². The van der Waals surface area contributed by atoms with Crippen LogP contribution in [0, 0.1) is 0 Å². The minimum Gasteiger partial charge on any atom is -0.464 e. The number of ether oxygens (including phenoxy) is 1. The highest BCUT2D eigenvalue weighted by Gasteiger charge is 2.31. The molecular weight excluding hydrogens is 225 g/mol. The van der Waals surface area contributed by atoms with E-state index in [9.17, 15) is 18.0 Å². The first-order chi connectivity index (χ1) is 7.49. The van der Waals surface area contributed by atoms with Crippen LogP contribution in [0.5, 0.6) is 5.75 Å². The minimum atomic E-state index is -4.78. The van der Waals surface area contributed by atoms with Gasteiger partial charge in [-0.2, -0.15) is 0 Å². The number of hydrogen-bond acceptors (Lipinski definition) is 3. The molecule has 84 valence electrons. The van der Waals surface area contributed by atoms with Gasteiger partial charge in [-0.25, -0.2) is 0 Å².